The minimum atomic E-state index is 0.448. The predicted molar refractivity (Wildman–Crippen MR) is 74.7 cm³/mol. The molecule has 2 unspecified atom stereocenters. The van der Waals surface area contributed by atoms with Crippen molar-refractivity contribution in [2.45, 2.75) is 25.9 Å². The number of rotatable bonds is 5. The van der Waals surface area contributed by atoms with Gasteiger partial charge >= 0.3 is 0 Å². The highest BCUT2D eigenvalue weighted by Crippen LogP contribution is 2.19. The molecule has 1 saturated heterocycles. The van der Waals surface area contributed by atoms with Crippen LogP contribution in [0.1, 0.15) is 25.5 Å². The molecule has 0 saturated carbocycles. The van der Waals surface area contributed by atoms with Crippen LogP contribution in [-0.2, 0) is 4.74 Å². The molecule has 0 aliphatic carbocycles. The van der Waals surface area contributed by atoms with E-state index in [9.17, 15) is 0 Å². The average Bonchev–Trinajstić information content (AvgIpc) is 2.42. The van der Waals surface area contributed by atoms with Gasteiger partial charge in [0.2, 0.25) is 0 Å². The van der Waals surface area contributed by atoms with E-state index in [1.165, 1.54) is 5.56 Å². The van der Waals surface area contributed by atoms with Gasteiger partial charge in [0.05, 0.1) is 6.61 Å². The number of piperazine rings is 1. The van der Waals surface area contributed by atoms with Gasteiger partial charge in [-0.05, 0) is 19.4 Å². The van der Waals surface area contributed by atoms with Crippen LogP contribution in [0, 0.1) is 0 Å². The number of ether oxygens (including phenoxy) is 1. The molecule has 2 rings (SSSR count). The summed E-state index contributed by atoms with van der Waals surface area (Å²) in [6, 6.07) is 11.7. The van der Waals surface area contributed by atoms with Gasteiger partial charge in [-0.25, -0.2) is 0 Å². The lowest BCUT2D eigenvalue weighted by Crippen LogP contribution is -2.52. The smallest absolute Gasteiger partial charge is 0.0593 e. The van der Waals surface area contributed by atoms with E-state index in [-0.39, 0.29) is 0 Å². The summed E-state index contributed by atoms with van der Waals surface area (Å²) in [5.74, 6) is 0. The lowest BCUT2D eigenvalue weighted by atomic mass is 10.0. The Morgan fingerprint density at radius 2 is 2.11 bits per heavy atom. The summed E-state index contributed by atoms with van der Waals surface area (Å²) >= 11 is 0. The lowest BCUT2D eigenvalue weighted by molar-refractivity contribution is 0.0757. The molecule has 1 aromatic rings. The minimum absolute atomic E-state index is 0.448. The topological polar surface area (TPSA) is 24.5 Å². The number of hydrogen-bond acceptors (Lipinski definition) is 3. The van der Waals surface area contributed by atoms with Crippen LogP contribution in [0.2, 0.25) is 0 Å². The number of nitrogens with one attached hydrogen (secondary N) is 1. The lowest BCUT2D eigenvalue weighted by Gasteiger charge is -2.39. The van der Waals surface area contributed by atoms with Crippen molar-refractivity contribution in [1.82, 2.24) is 10.2 Å². The molecular formula is C15H24N2O. The van der Waals surface area contributed by atoms with Gasteiger partial charge in [-0.2, -0.15) is 0 Å². The SMILES string of the molecule is CCOCCN1CC(c2ccccc2)NCC1C. The van der Waals surface area contributed by atoms with Crippen LogP contribution in [0.25, 0.3) is 0 Å². The first-order chi connectivity index (χ1) is 8.81. The van der Waals surface area contributed by atoms with Crippen molar-refractivity contribution >= 4 is 0 Å². The maximum atomic E-state index is 5.46. The average molecular weight is 248 g/mol. The van der Waals surface area contributed by atoms with E-state index in [2.05, 4.69) is 47.5 Å². The zero-order chi connectivity index (χ0) is 12.8. The van der Waals surface area contributed by atoms with Crippen molar-refractivity contribution in [3.63, 3.8) is 0 Å². The Bertz CT molecular complexity index is 342. The fourth-order valence-electron chi connectivity index (χ4n) is 2.47. The molecular weight excluding hydrogens is 224 g/mol. The van der Waals surface area contributed by atoms with Crippen LogP contribution in [0.5, 0.6) is 0 Å². The van der Waals surface area contributed by atoms with E-state index < -0.39 is 0 Å². The van der Waals surface area contributed by atoms with E-state index in [4.69, 9.17) is 4.74 Å². The van der Waals surface area contributed by atoms with Crippen molar-refractivity contribution in [1.29, 1.82) is 0 Å². The normalized spacial score (nSPS) is 25.2. The highest BCUT2D eigenvalue weighted by molar-refractivity contribution is 5.20. The molecule has 1 aromatic carbocycles. The largest absolute Gasteiger partial charge is 0.380 e. The second-order valence-electron chi connectivity index (χ2n) is 4.91. The molecule has 0 spiro atoms. The zero-order valence-electron chi connectivity index (χ0n) is 11.4. The third kappa shape index (κ3) is 3.55. The molecule has 1 heterocycles. The molecule has 3 nitrogen and oxygen atoms in total. The van der Waals surface area contributed by atoms with Crippen LogP contribution in [0.3, 0.4) is 0 Å². The van der Waals surface area contributed by atoms with E-state index in [0.717, 1.165) is 32.8 Å². The number of benzene rings is 1. The van der Waals surface area contributed by atoms with Gasteiger partial charge in [0.25, 0.3) is 0 Å². The van der Waals surface area contributed by atoms with Crippen molar-refractivity contribution in [2.24, 2.45) is 0 Å². The summed E-state index contributed by atoms with van der Waals surface area (Å²) in [5.41, 5.74) is 1.38. The Hall–Kier alpha value is -0.900. The van der Waals surface area contributed by atoms with Crippen LogP contribution in [0.4, 0.5) is 0 Å². The minimum Gasteiger partial charge on any atom is -0.380 e. The fraction of sp³-hybridized carbons (Fsp3) is 0.600. The van der Waals surface area contributed by atoms with Crippen molar-refractivity contribution in [3.05, 3.63) is 35.9 Å². The summed E-state index contributed by atoms with van der Waals surface area (Å²) in [7, 11) is 0. The fourth-order valence-corrected chi connectivity index (χ4v) is 2.47. The van der Waals surface area contributed by atoms with E-state index in [1.807, 2.05) is 6.92 Å². The molecule has 0 bridgehead atoms. The Kier molecular flexibility index (Phi) is 5.17. The van der Waals surface area contributed by atoms with Gasteiger partial charge in [-0.1, -0.05) is 30.3 Å². The van der Waals surface area contributed by atoms with Gasteiger partial charge in [0.1, 0.15) is 0 Å². The molecule has 1 aliphatic rings. The highest BCUT2D eigenvalue weighted by atomic mass is 16.5. The van der Waals surface area contributed by atoms with Crippen LogP contribution in [0.15, 0.2) is 30.3 Å². The highest BCUT2D eigenvalue weighted by Gasteiger charge is 2.25. The zero-order valence-corrected chi connectivity index (χ0v) is 11.4. The molecule has 18 heavy (non-hydrogen) atoms. The van der Waals surface area contributed by atoms with Crippen molar-refractivity contribution in [2.75, 3.05) is 32.8 Å². The second kappa shape index (κ2) is 6.88. The molecule has 3 heteroatoms. The first-order valence-electron chi connectivity index (χ1n) is 6.91. The molecule has 0 amide bonds. The molecule has 1 fully saturated rings. The monoisotopic (exact) mass is 248 g/mol. The maximum Gasteiger partial charge on any atom is 0.0593 e. The Labute approximate surface area is 110 Å². The molecule has 1 aliphatic heterocycles. The Balaban J connectivity index is 1.91. The predicted octanol–water partition coefficient (Wildman–Crippen LogP) is 2.06. The van der Waals surface area contributed by atoms with Crippen molar-refractivity contribution in [3.8, 4) is 0 Å². The van der Waals surface area contributed by atoms with Crippen LogP contribution >= 0.6 is 0 Å². The van der Waals surface area contributed by atoms with Gasteiger partial charge in [0.15, 0.2) is 0 Å². The van der Waals surface area contributed by atoms with Crippen LogP contribution < -0.4 is 5.32 Å². The summed E-state index contributed by atoms with van der Waals surface area (Å²) < 4.78 is 5.46. The van der Waals surface area contributed by atoms with Gasteiger partial charge in [0, 0.05) is 38.3 Å². The second-order valence-corrected chi connectivity index (χ2v) is 4.91. The first kappa shape index (κ1) is 13.5. The number of nitrogens with zero attached hydrogens (tertiary/aromatic N) is 1. The summed E-state index contributed by atoms with van der Waals surface area (Å²) in [6.45, 7) is 9.11. The standard InChI is InChI=1S/C15H24N2O/c1-3-18-10-9-17-12-15(16-11-13(17)2)14-7-5-4-6-8-14/h4-8,13,15-16H,3,9-12H2,1-2H3. The molecule has 100 valence electrons. The van der Waals surface area contributed by atoms with Gasteiger partial charge in [-0.15, -0.1) is 0 Å². The van der Waals surface area contributed by atoms with Crippen LogP contribution in [-0.4, -0.2) is 43.8 Å². The molecule has 0 radical (unpaired) electrons. The molecule has 1 N–H and O–H groups in total. The summed E-state index contributed by atoms with van der Waals surface area (Å²) in [4.78, 5) is 2.52. The molecule has 0 aromatic heterocycles. The Morgan fingerprint density at radius 1 is 1.33 bits per heavy atom. The number of hydrogen-bond donors (Lipinski definition) is 1. The van der Waals surface area contributed by atoms with Gasteiger partial charge < -0.3 is 10.1 Å². The van der Waals surface area contributed by atoms with Gasteiger partial charge in [-0.3, -0.25) is 4.90 Å². The first-order valence-corrected chi connectivity index (χ1v) is 6.91. The summed E-state index contributed by atoms with van der Waals surface area (Å²) in [5, 5.41) is 3.62. The third-order valence-electron chi connectivity index (χ3n) is 3.63. The Morgan fingerprint density at radius 3 is 2.83 bits per heavy atom. The van der Waals surface area contributed by atoms with E-state index in [0.29, 0.717) is 12.1 Å². The summed E-state index contributed by atoms with van der Waals surface area (Å²) in [6.07, 6.45) is 0. The van der Waals surface area contributed by atoms with Crippen molar-refractivity contribution < 1.29 is 4.74 Å². The quantitative estimate of drug-likeness (QED) is 0.807. The maximum absolute atomic E-state index is 5.46. The third-order valence-corrected chi connectivity index (χ3v) is 3.63. The molecule has 2 atom stereocenters. The van der Waals surface area contributed by atoms with E-state index >= 15 is 0 Å². The van der Waals surface area contributed by atoms with E-state index in [1.54, 1.807) is 0 Å².